The summed E-state index contributed by atoms with van der Waals surface area (Å²) in [4.78, 5) is 13.4. The topological polar surface area (TPSA) is 307 Å². The fourth-order valence-electron chi connectivity index (χ4n) is 12.9. The summed E-state index contributed by atoms with van der Waals surface area (Å²) in [6.07, 6.45) is 37.3. The number of aliphatic hydroxyl groups is 11. The molecule has 0 aromatic carbocycles. The molecule has 0 bridgehead atoms. The van der Waals surface area contributed by atoms with Crippen LogP contribution < -0.4 is 5.32 Å². The molecule has 3 saturated heterocycles. The fourth-order valence-corrected chi connectivity index (χ4v) is 12.9. The Kier molecular flexibility index (Phi) is 50.7. The lowest BCUT2D eigenvalue weighted by Gasteiger charge is -2.48. The molecule has 542 valence electrons. The van der Waals surface area contributed by atoms with Crippen molar-refractivity contribution in [3.63, 3.8) is 0 Å². The lowest BCUT2D eigenvalue weighted by atomic mass is 9.96. The van der Waals surface area contributed by atoms with Crippen LogP contribution in [-0.2, 0) is 33.2 Å². The van der Waals surface area contributed by atoms with Gasteiger partial charge in [-0.3, -0.25) is 4.79 Å². The molecule has 0 spiro atoms. The van der Waals surface area contributed by atoms with Gasteiger partial charge >= 0.3 is 0 Å². The monoisotopic (exact) mass is 1320 g/mol. The number of hydrogen-bond acceptors (Lipinski definition) is 18. The maximum absolute atomic E-state index is 13.4. The highest BCUT2D eigenvalue weighted by atomic mass is 16.8. The average Bonchev–Trinajstić information content (AvgIpc) is 0.834. The molecule has 3 rings (SSSR count). The highest BCUT2D eigenvalue weighted by Gasteiger charge is 2.53. The zero-order valence-electron chi connectivity index (χ0n) is 57.5. The van der Waals surface area contributed by atoms with Crippen LogP contribution in [0.5, 0.6) is 0 Å². The van der Waals surface area contributed by atoms with Gasteiger partial charge in [0.2, 0.25) is 5.91 Å². The fraction of sp³-hybridized carbons (Fsp3) is 0.932. The number of unbranched alkanes of at least 4 members (excludes halogenated alkanes) is 41. The number of rotatable bonds is 59. The third-order valence-electron chi connectivity index (χ3n) is 19.0. The van der Waals surface area contributed by atoms with Crippen molar-refractivity contribution in [2.75, 3.05) is 26.4 Å². The summed E-state index contributed by atoms with van der Waals surface area (Å²) in [6, 6.07) is -0.971. The van der Waals surface area contributed by atoms with Crippen LogP contribution >= 0.6 is 0 Å². The minimum Gasteiger partial charge on any atom is -0.394 e. The Morgan fingerprint density at radius 1 is 0.380 bits per heavy atom. The van der Waals surface area contributed by atoms with Gasteiger partial charge in [0.15, 0.2) is 18.9 Å². The van der Waals surface area contributed by atoms with Crippen LogP contribution in [0.25, 0.3) is 0 Å². The molecule has 0 radical (unpaired) electrons. The highest BCUT2D eigenvalue weighted by Crippen LogP contribution is 2.33. The molecule has 1 amide bonds. The lowest BCUT2D eigenvalue weighted by molar-refractivity contribution is -0.379. The Hall–Kier alpha value is -1.73. The van der Waals surface area contributed by atoms with Crippen molar-refractivity contribution in [3.05, 3.63) is 24.3 Å². The van der Waals surface area contributed by atoms with Gasteiger partial charge in [0.25, 0.3) is 0 Å². The quantitative estimate of drug-likeness (QED) is 0.0199. The van der Waals surface area contributed by atoms with Crippen molar-refractivity contribution in [2.45, 2.75) is 407 Å². The SMILES string of the molecule is CCCCCCCCCC/C=C\CCCCCCCCCCCCCCCCCCCC(=O)NC(COC1OC(CO)C(OC2OC(CO)C(OC3OC(CO)C(O)C(O)C3O)C(O)C2O)C(O)C1O)C(O)/C=C/CCCCCCCCCCCCCCCCCC. The Bertz CT molecular complexity index is 1760. The van der Waals surface area contributed by atoms with E-state index in [1.807, 2.05) is 6.08 Å². The van der Waals surface area contributed by atoms with Crippen LogP contribution in [0.4, 0.5) is 0 Å². The number of carbonyl (C=O) groups excluding carboxylic acids is 1. The molecule has 17 atom stereocenters. The molecule has 19 heteroatoms. The molecule has 0 aliphatic carbocycles. The molecule has 0 saturated carbocycles. The molecule has 0 aromatic rings. The van der Waals surface area contributed by atoms with Crippen LogP contribution in [0, 0.1) is 0 Å². The van der Waals surface area contributed by atoms with Gasteiger partial charge in [-0.2, -0.15) is 0 Å². The lowest BCUT2D eigenvalue weighted by Crippen LogP contribution is -2.66. The maximum Gasteiger partial charge on any atom is 0.220 e. The number of allylic oxidation sites excluding steroid dienone is 3. The number of nitrogens with one attached hydrogen (secondary N) is 1. The van der Waals surface area contributed by atoms with E-state index in [1.54, 1.807) is 6.08 Å². The smallest absolute Gasteiger partial charge is 0.220 e. The predicted octanol–water partition coefficient (Wildman–Crippen LogP) is 11.0. The molecule has 17 unspecified atom stereocenters. The number of amides is 1. The molecule has 3 heterocycles. The second-order valence-electron chi connectivity index (χ2n) is 27.1. The molecular formula is C73H137NO18. The van der Waals surface area contributed by atoms with Crippen molar-refractivity contribution in [1.29, 1.82) is 0 Å². The first-order valence-electron chi connectivity index (χ1n) is 37.6. The van der Waals surface area contributed by atoms with Crippen LogP contribution in [0.15, 0.2) is 24.3 Å². The average molecular weight is 1320 g/mol. The molecule has 3 aliphatic rings. The van der Waals surface area contributed by atoms with Gasteiger partial charge in [-0.05, 0) is 44.9 Å². The zero-order valence-corrected chi connectivity index (χ0v) is 57.5. The number of aliphatic hydroxyl groups excluding tert-OH is 11. The zero-order chi connectivity index (χ0) is 66.8. The van der Waals surface area contributed by atoms with E-state index in [0.717, 1.165) is 44.9 Å². The van der Waals surface area contributed by atoms with Crippen LogP contribution in [0.3, 0.4) is 0 Å². The Morgan fingerprint density at radius 2 is 0.685 bits per heavy atom. The predicted molar refractivity (Wildman–Crippen MR) is 360 cm³/mol. The number of carbonyl (C=O) groups is 1. The highest BCUT2D eigenvalue weighted by molar-refractivity contribution is 5.76. The number of hydrogen-bond donors (Lipinski definition) is 12. The molecule has 3 aliphatic heterocycles. The maximum atomic E-state index is 13.4. The molecule has 12 N–H and O–H groups in total. The first kappa shape index (κ1) is 84.5. The van der Waals surface area contributed by atoms with Crippen LogP contribution in [0.1, 0.15) is 303 Å². The van der Waals surface area contributed by atoms with Gasteiger partial charge in [-0.25, -0.2) is 0 Å². The van der Waals surface area contributed by atoms with Crippen LogP contribution in [-0.4, -0.2) is 193 Å². The summed E-state index contributed by atoms with van der Waals surface area (Å²) < 4.78 is 34.4. The Morgan fingerprint density at radius 3 is 1.05 bits per heavy atom. The van der Waals surface area contributed by atoms with Gasteiger partial charge < -0.3 is 89.9 Å². The van der Waals surface area contributed by atoms with E-state index in [2.05, 4.69) is 31.3 Å². The second-order valence-corrected chi connectivity index (χ2v) is 27.1. The summed E-state index contributed by atoms with van der Waals surface area (Å²) in [5.41, 5.74) is 0. The van der Waals surface area contributed by atoms with Crippen molar-refractivity contribution in [3.8, 4) is 0 Å². The van der Waals surface area contributed by atoms with Crippen molar-refractivity contribution >= 4 is 5.91 Å². The van der Waals surface area contributed by atoms with E-state index >= 15 is 0 Å². The minimum absolute atomic E-state index is 0.248. The third kappa shape index (κ3) is 36.2. The Labute approximate surface area is 556 Å². The normalized spacial score (nSPS) is 27.8. The first-order valence-corrected chi connectivity index (χ1v) is 37.6. The van der Waals surface area contributed by atoms with Gasteiger partial charge in [-0.1, -0.05) is 276 Å². The van der Waals surface area contributed by atoms with E-state index in [0.29, 0.717) is 6.42 Å². The van der Waals surface area contributed by atoms with Crippen molar-refractivity contribution in [2.24, 2.45) is 0 Å². The van der Waals surface area contributed by atoms with Crippen molar-refractivity contribution in [1.82, 2.24) is 5.32 Å². The van der Waals surface area contributed by atoms with E-state index in [-0.39, 0.29) is 18.9 Å². The van der Waals surface area contributed by atoms with Gasteiger partial charge in [0.05, 0.1) is 38.6 Å². The van der Waals surface area contributed by atoms with E-state index in [4.69, 9.17) is 28.4 Å². The van der Waals surface area contributed by atoms with E-state index in [1.165, 1.54) is 231 Å². The Balaban J connectivity index is 1.39. The molecule has 19 nitrogen and oxygen atoms in total. The summed E-state index contributed by atoms with van der Waals surface area (Å²) in [5, 5.41) is 121. The molecule has 3 fully saturated rings. The van der Waals surface area contributed by atoms with Crippen LogP contribution in [0.2, 0.25) is 0 Å². The summed E-state index contributed by atoms with van der Waals surface area (Å²) in [7, 11) is 0. The van der Waals surface area contributed by atoms with E-state index in [9.17, 15) is 61.0 Å². The summed E-state index contributed by atoms with van der Waals surface area (Å²) >= 11 is 0. The van der Waals surface area contributed by atoms with Gasteiger partial charge in [0.1, 0.15) is 73.2 Å². The molecular weight excluding hydrogens is 1180 g/mol. The third-order valence-corrected chi connectivity index (χ3v) is 19.0. The first-order chi connectivity index (χ1) is 44.8. The number of ether oxygens (including phenoxy) is 6. The minimum atomic E-state index is -1.98. The van der Waals surface area contributed by atoms with E-state index < -0.39 is 124 Å². The van der Waals surface area contributed by atoms with Crippen molar-refractivity contribution < 1.29 is 89.4 Å². The molecule has 92 heavy (non-hydrogen) atoms. The second kappa shape index (κ2) is 55.2. The molecule has 0 aromatic heterocycles. The summed E-state index contributed by atoms with van der Waals surface area (Å²) in [6.45, 7) is 1.77. The van der Waals surface area contributed by atoms with Gasteiger partial charge in [-0.15, -0.1) is 0 Å². The largest absolute Gasteiger partial charge is 0.394 e. The van der Waals surface area contributed by atoms with Gasteiger partial charge in [0, 0.05) is 6.42 Å². The summed E-state index contributed by atoms with van der Waals surface area (Å²) in [5.74, 6) is -0.270. The standard InChI is InChI=1S/C73H137NO18/c1-3-5-7-9-11-13-15-17-19-21-23-24-25-26-27-28-29-30-31-32-33-35-37-39-41-43-45-47-49-51-61(79)74-56(57(78)50-48-46-44-42-40-38-36-34-22-20-18-16-14-12-10-8-6-4-2)55-87-71-67(85)64(82)69(59(53-76)89-71)92-73-68(86)65(83)70(60(54-77)90-73)91-72-66(84)63(81)62(80)58(52-75)88-72/h21,23,48,50,56-60,62-73,75-78,80-86H,3-20,22,24-47,49,51-55H2,1-2H3,(H,74,79)/b23-21-,50-48+.